The van der Waals surface area contributed by atoms with Gasteiger partial charge in [-0.25, -0.2) is 9.18 Å². The molecule has 1 saturated heterocycles. The Morgan fingerprint density at radius 3 is 2.53 bits per heavy atom. The third-order valence-electron chi connectivity index (χ3n) is 7.32. The highest BCUT2D eigenvalue weighted by Gasteiger charge is 2.59. The van der Waals surface area contributed by atoms with Crippen molar-refractivity contribution >= 4 is 22.7 Å². The first kappa shape index (κ1) is 19.5. The second-order valence-electron chi connectivity index (χ2n) is 10.3. The summed E-state index contributed by atoms with van der Waals surface area (Å²) in [5.41, 5.74) is -0.469. The molecule has 160 valence electrons. The van der Waals surface area contributed by atoms with Crippen LogP contribution in [-0.4, -0.2) is 41.3 Å². The molecule has 0 radical (unpaired) electrons. The van der Waals surface area contributed by atoms with Crippen molar-refractivity contribution in [3.63, 3.8) is 0 Å². The molecule has 1 aromatic carbocycles. The molecule has 2 aromatic rings. The molecule has 1 aliphatic heterocycles. The molecule has 3 aliphatic carbocycles. The van der Waals surface area contributed by atoms with Gasteiger partial charge in [0.25, 0.3) is 0 Å². The lowest BCUT2D eigenvalue weighted by atomic mass is 9.49. The number of fused-ring (bicyclic) bond motifs is 1. The molecule has 30 heavy (non-hydrogen) atoms. The molecule has 4 fully saturated rings. The number of hydrogen-bond acceptors (Lipinski definition) is 4. The van der Waals surface area contributed by atoms with Gasteiger partial charge in [-0.05, 0) is 48.8 Å². The van der Waals surface area contributed by atoms with E-state index in [0.717, 1.165) is 25.8 Å². The predicted molar refractivity (Wildman–Crippen MR) is 114 cm³/mol. The second kappa shape index (κ2) is 6.30. The quantitative estimate of drug-likeness (QED) is 0.809. The Morgan fingerprint density at radius 2 is 1.97 bits per heavy atom. The van der Waals surface area contributed by atoms with E-state index in [0.29, 0.717) is 30.3 Å². The topological polar surface area (TPSA) is 74.6 Å². The molecule has 3 saturated carbocycles. The van der Waals surface area contributed by atoms with Gasteiger partial charge in [-0.1, -0.05) is 20.8 Å². The lowest BCUT2D eigenvalue weighted by molar-refractivity contribution is -0.0852. The standard InChI is InChI=1S/C23H28FN3O3/c1-22(2,3)17-12-25-6-7-26(17)20-18(21(29)30)19(28)15-8-14(24)4-5-16(15)27(20)23-9-13(10-23)11-23/h4-5,8,13,17,25H,6-7,9-12H2,1-3H3,(H,29,30). The van der Waals surface area contributed by atoms with Crippen molar-refractivity contribution in [3.8, 4) is 0 Å². The van der Waals surface area contributed by atoms with Crippen LogP contribution in [0.25, 0.3) is 10.9 Å². The molecule has 1 unspecified atom stereocenters. The molecule has 6 nitrogen and oxygen atoms in total. The fraction of sp³-hybridized carbons (Fsp3) is 0.565. The number of rotatable bonds is 3. The fourth-order valence-corrected chi connectivity index (χ4v) is 5.73. The van der Waals surface area contributed by atoms with Gasteiger partial charge in [0, 0.05) is 36.6 Å². The highest BCUT2D eigenvalue weighted by molar-refractivity contribution is 5.99. The average Bonchev–Trinajstić information content (AvgIpc) is 2.60. The summed E-state index contributed by atoms with van der Waals surface area (Å²) in [6.07, 6.45) is 2.96. The Kier molecular flexibility index (Phi) is 4.10. The van der Waals surface area contributed by atoms with Gasteiger partial charge in [-0.15, -0.1) is 0 Å². The summed E-state index contributed by atoms with van der Waals surface area (Å²) in [6, 6.07) is 4.23. The van der Waals surface area contributed by atoms with Crippen molar-refractivity contribution in [2.75, 3.05) is 24.5 Å². The van der Waals surface area contributed by atoms with Crippen molar-refractivity contribution in [2.24, 2.45) is 11.3 Å². The Labute approximate surface area is 174 Å². The Hall–Kier alpha value is -2.41. The number of carbonyl (C=O) groups is 1. The minimum absolute atomic E-state index is 0.0280. The maximum Gasteiger partial charge on any atom is 0.343 e. The molecule has 7 heteroatoms. The fourth-order valence-electron chi connectivity index (χ4n) is 5.73. The molecule has 6 rings (SSSR count). The number of hydrogen-bond donors (Lipinski definition) is 2. The van der Waals surface area contributed by atoms with E-state index >= 15 is 0 Å². The SMILES string of the molecule is CC(C)(C)C1CNCCN1c1c(C(=O)O)c(=O)c2cc(F)ccc2n1C12CC(C1)C2. The van der Waals surface area contributed by atoms with E-state index in [4.69, 9.17) is 0 Å². The minimum atomic E-state index is -1.24. The number of piperazine rings is 1. The molecule has 2 bridgehead atoms. The van der Waals surface area contributed by atoms with Crippen LogP contribution in [-0.2, 0) is 5.54 Å². The number of carboxylic acid groups (broad SMARTS) is 1. The van der Waals surface area contributed by atoms with Gasteiger partial charge in [-0.3, -0.25) is 4.79 Å². The number of carboxylic acids is 1. The molecule has 2 N–H and O–H groups in total. The van der Waals surface area contributed by atoms with Crippen LogP contribution in [0.4, 0.5) is 10.2 Å². The number of nitrogens with one attached hydrogen (secondary N) is 1. The molecule has 1 aromatic heterocycles. The largest absolute Gasteiger partial charge is 0.477 e. The van der Waals surface area contributed by atoms with Gasteiger partial charge < -0.3 is 19.9 Å². The van der Waals surface area contributed by atoms with Crippen LogP contribution in [0.2, 0.25) is 0 Å². The Morgan fingerprint density at radius 1 is 1.27 bits per heavy atom. The third-order valence-corrected chi connectivity index (χ3v) is 7.32. The van der Waals surface area contributed by atoms with Crippen molar-refractivity contribution in [3.05, 3.63) is 39.8 Å². The highest BCUT2D eigenvalue weighted by atomic mass is 19.1. The van der Waals surface area contributed by atoms with E-state index < -0.39 is 17.2 Å². The van der Waals surface area contributed by atoms with E-state index in [1.165, 1.54) is 12.1 Å². The normalized spacial score (nSPS) is 28.2. The monoisotopic (exact) mass is 413 g/mol. The van der Waals surface area contributed by atoms with Crippen LogP contribution < -0.4 is 15.6 Å². The van der Waals surface area contributed by atoms with Crippen molar-refractivity contribution in [2.45, 2.75) is 51.6 Å². The minimum Gasteiger partial charge on any atom is -0.477 e. The van der Waals surface area contributed by atoms with Crippen molar-refractivity contribution < 1.29 is 14.3 Å². The molecule has 4 aliphatic rings. The van der Waals surface area contributed by atoms with E-state index in [2.05, 4.69) is 35.6 Å². The Bertz CT molecular complexity index is 1100. The van der Waals surface area contributed by atoms with Gasteiger partial charge in [-0.2, -0.15) is 0 Å². The summed E-state index contributed by atoms with van der Waals surface area (Å²) < 4.78 is 16.1. The number of halogens is 1. The molecule has 0 spiro atoms. The summed E-state index contributed by atoms with van der Waals surface area (Å²) >= 11 is 0. The van der Waals surface area contributed by atoms with Gasteiger partial charge in [0.05, 0.1) is 5.52 Å². The molecule has 1 atom stereocenters. The van der Waals surface area contributed by atoms with Crippen LogP contribution >= 0.6 is 0 Å². The third kappa shape index (κ3) is 2.64. The van der Waals surface area contributed by atoms with E-state index in [9.17, 15) is 19.1 Å². The first-order valence-corrected chi connectivity index (χ1v) is 10.7. The lowest BCUT2D eigenvalue weighted by Crippen LogP contribution is -2.63. The number of aromatic nitrogens is 1. The van der Waals surface area contributed by atoms with Gasteiger partial charge in [0.1, 0.15) is 17.2 Å². The van der Waals surface area contributed by atoms with Crippen LogP contribution in [0.5, 0.6) is 0 Å². The number of pyridine rings is 1. The maximum absolute atomic E-state index is 14.0. The first-order valence-electron chi connectivity index (χ1n) is 10.7. The second-order valence-corrected chi connectivity index (χ2v) is 10.3. The summed E-state index contributed by atoms with van der Waals surface area (Å²) in [7, 11) is 0. The van der Waals surface area contributed by atoms with Crippen LogP contribution in [0.15, 0.2) is 23.0 Å². The summed E-state index contributed by atoms with van der Waals surface area (Å²) in [5.74, 6) is -0.594. The number of anilines is 1. The maximum atomic E-state index is 14.0. The summed E-state index contributed by atoms with van der Waals surface area (Å²) in [4.78, 5) is 27.9. The molecular weight excluding hydrogens is 385 g/mol. The van der Waals surface area contributed by atoms with Gasteiger partial charge in [0.15, 0.2) is 0 Å². The van der Waals surface area contributed by atoms with Gasteiger partial charge in [0.2, 0.25) is 5.43 Å². The molecule has 0 amide bonds. The van der Waals surface area contributed by atoms with Crippen LogP contribution in [0, 0.1) is 17.2 Å². The zero-order chi connectivity index (χ0) is 21.4. The Balaban J connectivity index is 1.87. The van der Waals surface area contributed by atoms with Gasteiger partial charge >= 0.3 is 5.97 Å². The first-order chi connectivity index (χ1) is 14.1. The smallest absolute Gasteiger partial charge is 0.343 e. The number of nitrogens with zero attached hydrogens (tertiary/aromatic N) is 2. The van der Waals surface area contributed by atoms with Crippen LogP contribution in [0.3, 0.4) is 0 Å². The van der Waals surface area contributed by atoms with Crippen LogP contribution in [0.1, 0.15) is 50.4 Å². The summed E-state index contributed by atoms with van der Waals surface area (Å²) in [6.45, 7) is 8.46. The van der Waals surface area contributed by atoms with E-state index in [1.807, 2.05) is 0 Å². The van der Waals surface area contributed by atoms with Crippen molar-refractivity contribution in [1.29, 1.82) is 0 Å². The summed E-state index contributed by atoms with van der Waals surface area (Å²) in [5, 5.41) is 13.7. The molecular formula is C23H28FN3O3. The van der Waals surface area contributed by atoms with E-state index in [1.54, 1.807) is 6.07 Å². The highest BCUT2D eigenvalue weighted by Crippen LogP contribution is 2.64. The lowest BCUT2D eigenvalue weighted by Gasteiger charge is -2.64. The average molecular weight is 413 g/mol. The zero-order valence-electron chi connectivity index (χ0n) is 17.7. The predicted octanol–water partition coefficient (Wildman–Crippen LogP) is 3.17. The zero-order valence-corrected chi connectivity index (χ0v) is 17.7. The number of benzene rings is 1. The molecule has 2 heterocycles. The van der Waals surface area contributed by atoms with Crippen molar-refractivity contribution in [1.82, 2.24) is 9.88 Å². The van der Waals surface area contributed by atoms with E-state index in [-0.39, 0.29) is 27.9 Å². The number of aromatic carboxylic acids is 1.